The number of rotatable bonds is 8. The maximum absolute atomic E-state index is 13.5. The van der Waals surface area contributed by atoms with Crippen molar-refractivity contribution in [2.75, 3.05) is 0 Å². The topological polar surface area (TPSA) is 102 Å². The highest BCUT2D eigenvalue weighted by molar-refractivity contribution is 5.88. The fourth-order valence-electron chi connectivity index (χ4n) is 1.72. The number of aromatic nitrogens is 2. The smallest absolute Gasteiger partial charge is 0.462 e. The van der Waals surface area contributed by atoms with E-state index >= 15 is 0 Å². The minimum atomic E-state index is -8.09. The van der Waals surface area contributed by atoms with Crippen LogP contribution in [0.5, 0.6) is 0 Å². The molecular weight excluding hydrogens is 708 g/mol. The van der Waals surface area contributed by atoms with Gasteiger partial charge in [-0.1, -0.05) is 8.96 Å². The van der Waals surface area contributed by atoms with Gasteiger partial charge >= 0.3 is 60.3 Å². The summed E-state index contributed by atoms with van der Waals surface area (Å²) in [5, 5.41) is 5.87. The van der Waals surface area contributed by atoms with Crippen LogP contribution < -0.4 is 0 Å². The zero-order chi connectivity index (χ0) is 35.9. The van der Waals surface area contributed by atoms with Crippen molar-refractivity contribution in [3.05, 3.63) is 23.5 Å². The Hall–Kier alpha value is -3.60. The number of carbonyl (C=O) groups is 2. The molecule has 0 fully saturated rings. The van der Waals surface area contributed by atoms with Crippen LogP contribution in [0.4, 0.5) is 96.8 Å². The van der Waals surface area contributed by atoms with Gasteiger partial charge in [-0.05, 0) is 0 Å². The molecule has 0 radical (unpaired) electrons. The van der Waals surface area contributed by atoms with Gasteiger partial charge in [-0.3, -0.25) is 14.3 Å². The standard InChI is InChI=1S/C9HF17O4.C5F5N3O/c10-2(1(27)28,5(14,15)16)29-9(25,26)4(13,7(20,21)22)30-8(23,24)3(11,12)6(17,18)19;6-1-2(7)11-4(12-3(1)8)5(14)13(9)10/h(H,27,28);. The van der Waals surface area contributed by atoms with Crippen molar-refractivity contribution in [2.24, 2.45) is 0 Å². The molecule has 2 unspecified atom stereocenters. The fraction of sp³-hybridized carbons (Fsp3) is 0.571. The molecule has 0 bridgehead atoms. The van der Waals surface area contributed by atoms with Crippen molar-refractivity contribution in [3.63, 3.8) is 0 Å². The number of hydrogen-bond donors (Lipinski definition) is 1. The highest BCUT2D eigenvalue weighted by atomic mass is 19.4. The van der Waals surface area contributed by atoms with Gasteiger partial charge in [0.25, 0.3) is 11.9 Å². The molecule has 256 valence electrons. The highest BCUT2D eigenvalue weighted by Crippen LogP contribution is 2.56. The van der Waals surface area contributed by atoms with E-state index in [-0.39, 0.29) is 0 Å². The average molecular weight is 709 g/mol. The maximum Gasteiger partial charge on any atom is 0.462 e. The van der Waals surface area contributed by atoms with E-state index in [0.717, 1.165) is 0 Å². The van der Waals surface area contributed by atoms with Crippen LogP contribution in [0, 0.1) is 17.7 Å². The molecule has 1 aromatic rings. The Balaban J connectivity index is 0.00000109. The predicted molar refractivity (Wildman–Crippen MR) is 80.8 cm³/mol. The molecule has 0 aromatic carbocycles. The zero-order valence-electron chi connectivity index (χ0n) is 18.7. The van der Waals surface area contributed by atoms with Crippen LogP contribution in [-0.4, -0.2) is 80.7 Å². The number of alkyl halides is 17. The van der Waals surface area contributed by atoms with Gasteiger partial charge in [0.2, 0.25) is 11.6 Å². The van der Waals surface area contributed by atoms with Crippen molar-refractivity contribution in [1.82, 2.24) is 15.3 Å². The number of ether oxygens (including phenoxy) is 2. The second-order valence-electron chi connectivity index (χ2n) is 6.78. The molecule has 44 heavy (non-hydrogen) atoms. The van der Waals surface area contributed by atoms with E-state index in [0.29, 0.717) is 0 Å². The number of nitrogens with zero attached hydrogens (tertiary/aromatic N) is 3. The molecule has 30 heteroatoms. The van der Waals surface area contributed by atoms with E-state index in [4.69, 9.17) is 5.11 Å². The van der Waals surface area contributed by atoms with Crippen molar-refractivity contribution < 1.29 is 121 Å². The summed E-state index contributed by atoms with van der Waals surface area (Å²) in [7, 11) is 0. The number of halogens is 22. The van der Waals surface area contributed by atoms with Crippen LogP contribution >= 0.6 is 0 Å². The van der Waals surface area contributed by atoms with E-state index < -0.39 is 89.1 Å². The third-order valence-electron chi connectivity index (χ3n) is 3.75. The minimum absolute atomic E-state index is 1.19. The van der Waals surface area contributed by atoms with Gasteiger partial charge in [0.05, 0.1) is 0 Å². The minimum Gasteiger partial charge on any atom is -0.477 e. The highest BCUT2D eigenvalue weighted by Gasteiger charge is 2.85. The molecule has 1 N–H and O–H groups in total. The van der Waals surface area contributed by atoms with Crippen molar-refractivity contribution in [2.45, 2.75) is 48.4 Å². The summed E-state index contributed by atoms with van der Waals surface area (Å²) in [6.07, 6.45) is -38.8. The van der Waals surface area contributed by atoms with E-state index in [9.17, 15) is 106 Å². The van der Waals surface area contributed by atoms with E-state index in [1.165, 1.54) is 9.47 Å². The first-order valence-electron chi connectivity index (χ1n) is 8.93. The average Bonchev–Trinajstić information content (AvgIpc) is 2.78. The molecule has 2 atom stereocenters. The summed E-state index contributed by atoms with van der Waals surface area (Å²) in [5.74, 6) is -36.9. The van der Waals surface area contributed by atoms with Gasteiger partial charge in [0, 0.05) is 5.34 Å². The Bertz CT molecular complexity index is 1190. The monoisotopic (exact) mass is 709 g/mol. The third-order valence-corrected chi connectivity index (χ3v) is 3.75. The second kappa shape index (κ2) is 12.1. The van der Waals surface area contributed by atoms with Crippen LogP contribution in [0.2, 0.25) is 0 Å². The molecule has 8 nitrogen and oxygen atoms in total. The van der Waals surface area contributed by atoms with Gasteiger partial charge in [0.15, 0.2) is 0 Å². The van der Waals surface area contributed by atoms with Gasteiger partial charge < -0.3 is 5.11 Å². The van der Waals surface area contributed by atoms with Gasteiger partial charge in [-0.25, -0.2) is 4.79 Å². The normalized spacial score (nSPS) is 16.3. The van der Waals surface area contributed by atoms with Crippen molar-refractivity contribution in [3.8, 4) is 0 Å². The lowest BCUT2D eigenvalue weighted by Crippen LogP contribution is -2.68. The van der Waals surface area contributed by atoms with Gasteiger partial charge in [0.1, 0.15) is 0 Å². The molecule has 0 aliphatic heterocycles. The van der Waals surface area contributed by atoms with E-state index in [1.807, 2.05) is 0 Å². The Kier molecular flexibility index (Phi) is 11.1. The first-order chi connectivity index (χ1) is 19.0. The van der Waals surface area contributed by atoms with Crippen LogP contribution in [0.15, 0.2) is 0 Å². The lowest BCUT2D eigenvalue weighted by molar-refractivity contribution is -0.548. The quantitative estimate of drug-likeness (QED) is 0.199. The van der Waals surface area contributed by atoms with Crippen LogP contribution in [0.25, 0.3) is 0 Å². The van der Waals surface area contributed by atoms with Crippen molar-refractivity contribution in [1.29, 1.82) is 0 Å². The summed E-state index contributed by atoms with van der Waals surface area (Å²) in [4.78, 5) is 25.2. The summed E-state index contributed by atoms with van der Waals surface area (Å²) in [6, 6.07) is 0. The van der Waals surface area contributed by atoms with Gasteiger partial charge in [-0.2, -0.15) is 97.8 Å². The molecule has 0 saturated heterocycles. The van der Waals surface area contributed by atoms with E-state index in [2.05, 4.69) is 9.97 Å². The molecule has 1 rings (SSSR count). The zero-order valence-corrected chi connectivity index (χ0v) is 18.7. The number of carbonyl (C=O) groups excluding carboxylic acids is 1. The molecule has 0 saturated carbocycles. The van der Waals surface area contributed by atoms with Crippen LogP contribution in [-0.2, 0) is 14.3 Å². The first kappa shape index (κ1) is 40.4. The van der Waals surface area contributed by atoms with E-state index in [1.54, 1.807) is 0 Å². The SMILES string of the molecule is O=C(O)C(F)(OC(F)(F)C(F)(OC(F)(F)C(F)(F)C(F)(F)F)C(F)(F)F)C(F)(F)F.O=C(c1nc(F)c(F)c(F)n1)N(F)F. The van der Waals surface area contributed by atoms with Gasteiger partial charge in [-0.15, -0.1) is 0 Å². The molecule has 1 amide bonds. The summed E-state index contributed by atoms with van der Waals surface area (Å²) < 4.78 is 276. The first-order valence-corrected chi connectivity index (χ1v) is 8.93. The Labute approximate surface area is 221 Å². The Morgan fingerprint density at radius 2 is 1.00 bits per heavy atom. The number of hydrogen-bond acceptors (Lipinski definition) is 6. The third kappa shape index (κ3) is 7.72. The largest absolute Gasteiger partial charge is 0.477 e. The molecule has 0 aliphatic rings. The number of carboxylic acids is 1. The Morgan fingerprint density at radius 1 is 0.614 bits per heavy atom. The van der Waals surface area contributed by atoms with Crippen LogP contribution in [0.1, 0.15) is 10.6 Å². The Morgan fingerprint density at radius 3 is 1.27 bits per heavy atom. The summed E-state index contributed by atoms with van der Waals surface area (Å²) >= 11 is 0. The molecule has 0 spiro atoms. The number of aliphatic carboxylic acids is 1. The molecule has 1 aromatic heterocycles. The lowest BCUT2D eigenvalue weighted by atomic mass is 10.2. The maximum atomic E-state index is 13.5. The summed E-state index contributed by atoms with van der Waals surface area (Å²) in [5.41, 5.74) is 0. The molecule has 0 aliphatic carbocycles. The molecular formula is C14HF22N3O5. The lowest BCUT2D eigenvalue weighted by Gasteiger charge is -2.39. The fourth-order valence-corrected chi connectivity index (χ4v) is 1.72. The second-order valence-corrected chi connectivity index (χ2v) is 6.78. The van der Waals surface area contributed by atoms with Crippen molar-refractivity contribution >= 4 is 11.9 Å². The summed E-state index contributed by atoms with van der Waals surface area (Å²) in [6.45, 7) is 0. The number of carboxylic acid groups (broad SMARTS) is 1. The number of amides is 1. The van der Waals surface area contributed by atoms with Crippen LogP contribution in [0.3, 0.4) is 0 Å². The molecule has 1 heterocycles. The predicted octanol–water partition coefficient (Wildman–Crippen LogP) is 6.05.